The maximum Gasteiger partial charge on any atom is 0.635 e. The second kappa shape index (κ2) is 10.8. The zero-order valence-corrected chi connectivity index (χ0v) is 15.2. The molecule has 0 saturated carbocycles. The van der Waals surface area contributed by atoms with E-state index < -0.39 is 44.9 Å². The number of hydrogen-bond acceptors (Lipinski definition) is 5. The number of carbonyl (C=O) groups is 2. The van der Waals surface area contributed by atoms with Crippen molar-refractivity contribution >= 4 is 19.1 Å². The fourth-order valence-electron chi connectivity index (χ4n) is 2.35. The number of benzene rings is 1. The van der Waals surface area contributed by atoms with Gasteiger partial charge in [0.25, 0.3) is 6.43 Å². The first kappa shape index (κ1) is 22.7. The van der Waals surface area contributed by atoms with Gasteiger partial charge in [0, 0.05) is 6.42 Å². The Morgan fingerprint density at radius 3 is 2.52 bits per heavy atom. The van der Waals surface area contributed by atoms with Gasteiger partial charge in [-0.15, -0.1) is 0 Å². The molecule has 3 N–H and O–H groups in total. The lowest BCUT2D eigenvalue weighted by molar-refractivity contribution is -0.135. The molecule has 1 rings (SSSR count). The topological polar surface area (TPSA) is 99.1 Å². The zero-order chi connectivity index (χ0) is 20.6. The van der Waals surface area contributed by atoms with Crippen molar-refractivity contribution in [2.24, 2.45) is 0 Å². The maximum atomic E-state index is 12.6. The van der Waals surface area contributed by atoms with E-state index in [2.05, 4.69) is 11.9 Å². The summed E-state index contributed by atoms with van der Waals surface area (Å²) < 4.78 is 30.0. The molecule has 1 aromatic rings. The molecule has 27 heavy (non-hydrogen) atoms. The predicted octanol–water partition coefficient (Wildman–Crippen LogP) is 0.554. The molecule has 0 aromatic heterocycles. The molecule has 0 aliphatic carbocycles. The standard InChI is InChI=1S/C17H23BF2N2O5/c1-4-17(24)22(9-14(19)20)10-15(23)21-16(27-18(25)26)8-13-6-5-11(2)12(3)7-13/h4-7,14,16,25-26H,1,8-10H2,2-3H3,(H,21,23)/t16-/m1/s1. The molecule has 1 aromatic carbocycles. The van der Waals surface area contributed by atoms with E-state index in [-0.39, 0.29) is 6.42 Å². The van der Waals surface area contributed by atoms with Crippen molar-refractivity contribution < 1.29 is 33.1 Å². The number of aryl methyl sites for hydroxylation is 2. The van der Waals surface area contributed by atoms with E-state index in [0.29, 0.717) is 4.90 Å². The molecule has 7 nitrogen and oxygen atoms in total. The minimum Gasteiger partial charge on any atom is -0.402 e. The smallest absolute Gasteiger partial charge is 0.402 e. The summed E-state index contributed by atoms with van der Waals surface area (Å²) in [7, 11) is -2.14. The van der Waals surface area contributed by atoms with E-state index in [1.54, 1.807) is 6.07 Å². The molecule has 0 fully saturated rings. The molecule has 0 aliphatic heterocycles. The second-order valence-electron chi connectivity index (χ2n) is 5.96. The minimum absolute atomic E-state index is 0.106. The summed E-state index contributed by atoms with van der Waals surface area (Å²) in [5.74, 6) is -1.61. The summed E-state index contributed by atoms with van der Waals surface area (Å²) in [5.41, 5.74) is 2.82. The molecule has 0 heterocycles. The van der Waals surface area contributed by atoms with E-state index in [9.17, 15) is 18.4 Å². The third-order valence-corrected chi connectivity index (χ3v) is 3.78. The highest BCUT2D eigenvalue weighted by Crippen LogP contribution is 2.12. The lowest BCUT2D eigenvalue weighted by atomic mass is 10.0. The van der Waals surface area contributed by atoms with Crippen LogP contribution in [-0.2, 0) is 20.7 Å². The fourth-order valence-corrected chi connectivity index (χ4v) is 2.35. The van der Waals surface area contributed by atoms with Crippen LogP contribution >= 0.6 is 0 Å². The summed E-state index contributed by atoms with van der Waals surface area (Å²) in [5, 5.41) is 20.4. The van der Waals surface area contributed by atoms with Crippen LogP contribution < -0.4 is 5.32 Å². The Balaban J connectivity index is 2.81. The lowest BCUT2D eigenvalue weighted by Crippen LogP contribution is -2.48. The van der Waals surface area contributed by atoms with Gasteiger partial charge in [0.05, 0.1) is 6.54 Å². The molecule has 0 spiro atoms. The van der Waals surface area contributed by atoms with Crippen molar-refractivity contribution in [1.82, 2.24) is 10.2 Å². The molecular weight excluding hydrogens is 361 g/mol. The van der Waals surface area contributed by atoms with Crippen LogP contribution in [0.25, 0.3) is 0 Å². The summed E-state index contributed by atoms with van der Waals surface area (Å²) in [6, 6.07) is 5.51. The minimum atomic E-state index is -2.82. The fraction of sp³-hybridized carbons (Fsp3) is 0.412. The van der Waals surface area contributed by atoms with Gasteiger partial charge in [0.1, 0.15) is 12.8 Å². The van der Waals surface area contributed by atoms with E-state index in [4.69, 9.17) is 14.7 Å². The van der Waals surface area contributed by atoms with Gasteiger partial charge in [-0.1, -0.05) is 24.8 Å². The number of halogens is 2. The highest BCUT2D eigenvalue weighted by molar-refractivity contribution is 6.32. The Morgan fingerprint density at radius 2 is 2.00 bits per heavy atom. The first-order chi connectivity index (χ1) is 12.6. The van der Waals surface area contributed by atoms with Gasteiger partial charge >= 0.3 is 7.32 Å². The summed E-state index contributed by atoms with van der Waals surface area (Å²) in [4.78, 5) is 24.4. The van der Waals surface area contributed by atoms with E-state index in [1.807, 2.05) is 26.0 Å². The average molecular weight is 384 g/mol. The largest absolute Gasteiger partial charge is 0.635 e. The number of hydrogen-bond donors (Lipinski definition) is 3. The van der Waals surface area contributed by atoms with Crippen molar-refractivity contribution in [2.45, 2.75) is 32.9 Å². The Labute approximate surface area is 156 Å². The van der Waals surface area contributed by atoms with Gasteiger partial charge in [0.2, 0.25) is 11.8 Å². The Hall–Kier alpha value is -2.30. The molecule has 0 aliphatic rings. The van der Waals surface area contributed by atoms with Crippen LogP contribution in [-0.4, -0.2) is 59.8 Å². The van der Waals surface area contributed by atoms with Gasteiger partial charge in [-0.2, -0.15) is 0 Å². The molecule has 0 unspecified atom stereocenters. The number of nitrogens with one attached hydrogen (secondary N) is 1. The number of alkyl halides is 2. The van der Waals surface area contributed by atoms with Gasteiger partial charge < -0.3 is 24.9 Å². The third-order valence-electron chi connectivity index (χ3n) is 3.78. The predicted molar refractivity (Wildman–Crippen MR) is 95.6 cm³/mol. The summed E-state index contributed by atoms with van der Waals surface area (Å²) in [6.45, 7) is 5.46. The second-order valence-corrected chi connectivity index (χ2v) is 5.96. The molecule has 0 bridgehead atoms. The number of rotatable bonds is 10. The van der Waals surface area contributed by atoms with Gasteiger partial charge in [-0.05, 0) is 36.6 Å². The molecule has 148 valence electrons. The van der Waals surface area contributed by atoms with Crippen LogP contribution in [0.1, 0.15) is 16.7 Å². The molecular formula is C17H23BF2N2O5. The number of amides is 2. The van der Waals surface area contributed by atoms with Gasteiger partial charge in [-0.3, -0.25) is 9.59 Å². The van der Waals surface area contributed by atoms with Crippen molar-refractivity contribution in [3.05, 3.63) is 47.5 Å². The highest BCUT2D eigenvalue weighted by Gasteiger charge is 2.24. The maximum absolute atomic E-state index is 12.6. The van der Waals surface area contributed by atoms with Crippen LogP contribution in [0.3, 0.4) is 0 Å². The molecule has 10 heteroatoms. The monoisotopic (exact) mass is 384 g/mol. The zero-order valence-electron chi connectivity index (χ0n) is 15.2. The number of carbonyl (C=O) groups excluding carboxylic acids is 2. The molecule has 0 radical (unpaired) electrons. The first-order valence-electron chi connectivity index (χ1n) is 8.19. The van der Waals surface area contributed by atoms with Crippen LogP contribution in [0.2, 0.25) is 0 Å². The third kappa shape index (κ3) is 8.29. The Kier molecular flexibility index (Phi) is 9.06. The average Bonchev–Trinajstić information content (AvgIpc) is 2.55. The quantitative estimate of drug-likeness (QED) is 0.311. The first-order valence-corrected chi connectivity index (χ1v) is 8.19. The van der Waals surface area contributed by atoms with Crippen molar-refractivity contribution in [1.29, 1.82) is 0 Å². The Morgan fingerprint density at radius 1 is 1.33 bits per heavy atom. The summed E-state index contributed by atoms with van der Waals surface area (Å²) in [6.07, 6.45) is -3.01. The normalized spacial score (nSPS) is 11.8. The SMILES string of the molecule is C=CC(=O)N(CC(=O)N[C@@H](Cc1ccc(C)c(C)c1)OB(O)O)CC(F)F. The molecule has 1 atom stereocenters. The molecule has 2 amide bonds. The van der Waals surface area contributed by atoms with Gasteiger partial charge in [0.15, 0.2) is 0 Å². The van der Waals surface area contributed by atoms with Crippen LogP contribution in [0.15, 0.2) is 30.9 Å². The van der Waals surface area contributed by atoms with Crippen LogP contribution in [0.4, 0.5) is 8.78 Å². The van der Waals surface area contributed by atoms with Crippen LogP contribution in [0.5, 0.6) is 0 Å². The van der Waals surface area contributed by atoms with E-state index >= 15 is 0 Å². The van der Waals surface area contributed by atoms with E-state index in [0.717, 1.165) is 22.8 Å². The highest BCUT2D eigenvalue weighted by atomic mass is 19.3. The van der Waals surface area contributed by atoms with Crippen molar-refractivity contribution in [2.75, 3.05) is 13.1 Å². The van der Waals surface area contributed by atoms with Gasteiger partial charge in [-0.25, -0.2) is 8.78 Å². The van der Waals surface area contributed by atoms with Crippen molar-refractivity contribution in [3.8, 4) is 0 Å². The Bertz CT molecular complexity index is 673. The lowest BCUT2D eigenvalue weighted by Gasteiger charge is -2.24. The summed E-state index contributed by atoms with van der Waals surface area (Å²) >= 11 is 0. The van der Waals surface area contributed by atoms with Crippen LogP contribution in [0, 0.1) is 13.8 Å². The van der Waals surface area contributed by atoms with Crippen molar-refractivity contribution in [3.63, 3.8) is 0 Å². The number of nitrogens with zero attached hydrogens (tertiary/aromatic N) is 1. The van der Waals surface area contributed by atoms with E-state index in [1.165, 1.54) is 0 Å². The molecule has 0 saturated heterocycles.